The second-order valence-corrected chi connectivity index (χ2v) is 6.60. The summed E-state index contributed by atoms with van der Waals surface area (Å²) in [5, 5.41) is 0. The van der Waals surface area contributed by atoms with E-state index in [0.29, 0.717) is 11.8 Å². The first-order valence-corrected chi connectivity index (χ1v) is 8.41. The Balaban J connectivity index is 1.92. The van der Waals surface area contributed by atoms with Gasteiger partial charge in [-0.15, -0.1) is 0 Å². The van der Waals surface area contributed by atoms with E-state index in [1.165, 1.54) is 5.56 Å². The molecular formula is C21H27NO. The third kappa shape index (κ3) is 5.90. The van der Waals surface area contributed by atoms with Crippen molar-refractivity contribution >= 4 is 11.9 Å². The second kappa shape index (κ2) is 8.52. The molecule has 0 aromatic heterocycles. The molecule has 2 nitrogen and oxygen atoms in total. The maximum absolute atomic E-state index is 5.73. The van der Waals surface area contributed by atoms with Crippen LogP contribution in [0.5, 0.6) is 5.75 Å². The van der Waals surface area contributed by atoms with Crippen molar-refractivity contribution in [3.8, 4) is 5.75 Å². The summed E-state index contributed by atoms with van der Waals surface area (Å²) in [5.74, 6) is 2.14. The van der Waals surface area contributed by atoms with Gasteiger partial charge in [0.05, 0.1) is 12.3 Å². The van der Waals surface area contributed by atoms with E-state index in [1.807, 2.05) is 30.5 Å². The van der Waals surface area contributed by atoms with Gasteiger partial charge in [0.15, 0.2) is 0 Å². The molecule has 0 aliphatic carbocycles. The quantitative estimate of drug-likeness (QED) is 0.576. The SMILES string of the molecule is CC(C)CCOc1ccc(C=Nc2ccc(C(C)C)cc2)cc1. The zero-order valence-electron chi connectivity index (χ0n) is 14.6. The molecule has 0 heterocycles. The normalized spacial score (nSPS) is 11.6. The van der Waals surface area contributed by atoms with Gasteiger partial charge in [0.2, 0.25) is 0 Å². The van der Waals surface area contributed by atoms with Gasteiger partial charge in [-0.05, 0) is 65.8 Å². The molecule has 0 saturated heterocycles. The molecule has 0 spiro atoms. The van der Waals surface area contributed by atoms with E-state index in [0.717, 1.165) is 30.0 Å². The number of aliphatic imine (C=N–C) groups is 1. The topological polar surface area (TPSA) is 21.6 Å². The van der Waals surface area contributed by atoms with Gasteiger partial charge in [-0.25, -0.2) is 0 Å². The van der Waals surface area contributed by atoms with Crippen molar-refractivity contribution in [2.24, 2.45) is 10.9 Å². The minimum absolute atomic E-state index is 0.552. The summed E-state index contributed by atoms with van der Waals surface area (Å²) in [7, 11) is 0. The van der Waals surface area contributed by atoms with Crippen molar-refractivity contribution in [1.82, 2.24) is 0 Å². The Bertz CT molecular complexity index is 609. The highest BCUT2D eigenvalue weighted by Crippen LogP contribution is 2.19. The highest BCUT2D eigenvalue weighted by atomic mass is 16.5. The Morgan fingerprint density at radius 2 is 1.57 bits per heavy atom. The van der Waals surface area contributed by atoms with Crippen molar-refractivity contribution < 1.29 is 4.74 Å². The minimum Gasteiger partial charge on any atom is -0.494 e. The predicted octanol–water partition coefficient (Wildman–Crippen LogP) is 5.99. The molecule has 2 aromatic rings. The molecular weight excluding hydrogens is 282 g/mol. The van der Waals surface area contributed by atoms with Gasteiger partial charge in [-0.1, -0.05) is 39.8 Å². The van der Waals surface area contributed by atoms with E-state index in [9.17, 15) is 0 Å². The Labute approximate surface area is 140 Å². The van der Waals surface area contributed by atoms with Gasteiger partial charge in [0.1, 0.15) is 5.75 Å². The standard InChI is InChI=1S/C21H27NO/c1-16(2)13-14-23-21-11-5-18(6-12-21)15-22-20-9-7-19(8-10-20)17(3)4/h5-12,15-17H,13-14H2,1-4H3. The maximum Gasteiger partial charge on any atom is 0.119 e. The molecule has 0 radical (unpaired) electrons. The first-order chi connectivity index (χ1) is 11.0. The van der Waals surface area contributed by atoms with Crippen LogP contribution < -0.4 is 4.74 Å². The Kier molecular flexibility index (Phi) is 6.40. The summed E-state index contributed by atoms with van der Waals surface area (Å²) in [6, 6.07) is 16.5. The van der Waals surface area contributed by atoms with Crippen molar-refractivity contribution in [2.75, 3.05) is 6.61 Å². The van der Waals surface area contributed by atoms with Crippen LogP contribution in [0.1, 0.15) is 51.2 Å². The monoisotopic (exact) mass is 309 g/mol. The summed E-state index contributed by atoms with van der Waals surface area (Å²) in [4.78, 5) is 4.53. The molecule has 0 fully saturated rings. The molecule has 0 unspecified atom stereocenters. The first-order valence-electron chi connectivity index (χ1n) is 8.41. The van der Waals surface area contributed by atoms with Crippen LogP contribution in [-0.4, -0.2) is 12.8 Å². The van der Waals surface area contributed by atoms with E-state index >= 15 is 0 Å². The Morgan fingerprint density at radius 3 is 2.13 bits per heavy atom. The summed E-state index contributed by atoms with van der Waals surface area (Å²) >= 11 is 0. The molecule has 0 aliphatic rings. The second-order valence-electron chi connectivity index (χ2n) is 6.60. The summed E-state index contributed by atoms with van der Waals surface area (Å²) in [5.41, 5.74) is 3.40. The molecule has 23 heavy (non-hydrogen) atoms. The van der Waals surface area contributed by atoms with Crippen LogP contribution in [0.2, 0.25) is 0 Å². The lowest BCUT2D eigenvalue weighted by molar-refractivity contribution is 0.289. The summed E-state index contributed by atoms with van der Waals surface area (Å²) in [6.45, 7) is 9.58. The van der Waals surface area contributed by atoms with Gasteiger partial charge in [-0.3, -0.25) is 4.99 Å². The predicted molar refractivity (Wildman–Crippen MR) is 99.2 cm³/mol. The molecule has 0 amide bonds. The molecule has 0 atom stereocenters. The van der Waals surface area contributed by atoms with Gasteiger partial charge in [-0.2, -0.15) is 0 Å². The van der Waals surface area contributed by atoms with Crippen LogP contribution in [0.4, 0.5) is 5.69 Å². The van der Waals surface area contributed by atoms with Crippen LogP contribution in [-0.2, 0) is 0 Å². The highest BCUT2D eigenvalue weighted by Gasteiger charge is 1.99. The molecule has 122 valence electrons. The lowest BCUT2D eigenvalue weighted by atomic mass is 10.0. The van der Waals surface area contributed by atoms with Crippen LogP contribution in [0, 0.1) is 5.92 Å². The molecule has 2 aromatic carbocycles. The lowest BCUT2D eigenvalue weighted by Gasteiger charge is -2.08. The minimum atomic E-state index is 0.552. The maximum atomic E-state index is 5.73. The van der Waals surface area contributed by atoms with E-state index in [2.05, 4.69) is 57.0 Å². The Hall–Kier alpha value is -2.09. The van der Waals surface area contributed by atoms with Crippen LogP contribution in [0.15, 0.2) is 53.5 Å². The number of rotatable bonds is 7. The molecule has 0 N–H and O–H groups in total. The summed E-state index contributed by atoms with van der Waals surface area (Å²) < 4.78 is 5.73. The van der Waals surface area contributed by atoms with Crippen molar-refractivity contribution in [3.63, 3.8) is 0 Å². The molecule has 2 heteroatoms. The molecule has 0 saturated carbocycles. The lowest BCUT2D eigenvalue weighted by Crippen LogP contribution is -2.01. The average molecular weight is 309 g/mol. The van der Waals surface area contributed by atoms with Crippen molar-refractivity contribution in [2.45, 2.75) is 40.0 Å². The smallest absolute Gasteiger partial charge is 0.119 e. The van der Waals surface area contributed by atoms with Gasteiger partial charge in [0.25, 0.3) is 0 Å². The van der Waals surface area contributed by atoms with Crippen molar-refractivity contribution in [1.29, 1.82) is 0 Å². The van der Waals surface area contributed by atoms with Crippen LogP contribution >= 0.6 is 0 Å². The molecule has 0 aliphatic heterocycles. The number of hydrogen-bond acceptors (Lipinski definition) is 2. The van der Waals surface area contributed by atoms with E-state index in [-0.39, 0.29) is 0 Å². The first kappa shape index (κ1) is 17.3. The third-order valence-electron chi connectivity index (χ3n) is 3.77. The molecule has 2 rings (SSSR count). The highest BCUT2D eigenvalue weighted by molar-refractivity contribution is 5.82. The molecule has 0 bridgehead atoms. The van der Waals surface area contributed by atoms with Crippen LogP contribution in [0.3, 0.4) is 0 Å². The van der Waals surface area contributed by atoms with E-state index in [4.69, 9.17) is 4.74 Å². The number of benzene rings is 2. The van der Waals surface area contributed by atoms with Gasteiger partial charge >= 0.3 is 0 Å². The van der Waals surface area contributed by atoms with E-state index in [1.54, 1.807) is 0 Å². The Morgan fingerprint density at radius 1 is 0.913 bits per heavy atom. The zero-order valence-corrected chi connectivity index (χ0v) is 14.6. The van der Waals surface area contributed by atoms with Crippen LogP contribution in [0.25, 0.3) is 0 Å². The number of hydrogen-bond donors (Lipinski definition) is 0. The van der Waals surface area contributed by atoms with Gasteiger partial charge < -0.3 is 4.74 Å². The van der Waals surface area contributed by atoms with Crippen molar-refractivity contribution in [3.05, 3.63) is 59.7 Å². The fraction of sp³-hybridized carbons (Fsp3) is 0.381. The van der Waals surface area contributed by atoms with E-state index < -0.39 is 0 Å². The van der Waals surface area contributed by atoms with Gasteiger partial charge in [0, 0.05) is 6.21 Å². The fourth-order valence-electron chi connectivity index (χ4n) is 2.16. The number of ether oxygens (including phenoxy) is 1. The third-order valence-corrected chi connectivity index (χ3v) is 3.77. The summed E-state index contributed by atoms with van der Waals surface area (Å²) in [6.07, 6.45) is 2.97. The zero-order chi connectivity index (χ0) is 16.7. The fourth-order valence-corrected chi connectivity index (χ4v) is 2.16. The average Bonchev–Trinajstić information content (AvgIpc) is 2.54. The number of nitrogens with zero attached hydrogens (tertiary/aromatic N) is 1. The largest absolute Gasteiger partial charge is 0.494 e.